The van der Waals surface area contributed by atoms with Gasteiger partial charge in [-0.05, 0) is 49.2 Å². The largest absolute Gasteiger partial charge is 0.309 e. The molecule has 1 atom stereocenters. The predicted octanol–water partition coefficient (Wildman–Crippen LogP) is 5.14. The van der Waals surface area contributed by atoms with Crippen molar-refractivity contribution in [1.82, 2.24) is 5.32 Å². The lowest BCUT2D eigenvalue weighted by Crippen LogP contribution is -2.20. The van der Waals surface area contributed by atoms with Crippen LogP contribution in [0.15, 0.2) is 30.3 Å². The van der Waals surface area contributed by atoms with E-state index >= 15 is 0 Å². The Morgan fingerprint density at radius 3 is 2.40 bits per heavy atom. The van der Waals surface area contributed by atoms with Crippen LogP contribution in [0.25, 0.3) is 10.4 Å². The highest BCUT2D eigenvalue weighted by atomic mass is 32.1. The van der Waals surface area contributed by atoms with Gasteiger partial charge in [0, 0.05) is 21.9 Å². The minimum Gasteiger partial charge on any atom is -0.309 e. The average molecular weight is 295 g/mol. The zero-order valence-electron chi connectivity index (χ0n) is 11.7. The number of hydrogen-bond acceptors (Lipinski definition) is 2. The molecular formula is C16H19F2NS. The molecule has 1 nitrogen and oxygen atoms in total. The Morgan fingerprint density at radius 1 is 1.10 bits per heavy atom. The van der Waals surface area contributed by atoms with Crippen molar-refractivity contribution in [2.24, 2.45) is 0 Å². The average Bonchev–Trinajstić information content (AvgIpc) is 2.88. The molecule has 1 aromatic carbocycles. The van der Waals surface area contributed by atoms with E-state index in [1.165, 1.54) is 17.0 Å². The van der Waals surface area contributed by atoms with E-state index < -0.39 is 11.6 Å². The van der Waals surface area contributed by atoms with Crippen LogP contribution in [0.3, 0.4) is 0 Å². The van der Waals surface area contributed by atoms with Gasteiger partial charge in [-0.3, -0.25) is 0 Å². The van der Waals surface area contributed by atoms with E-state index in [2.05, 4.69) is 19.2 Å². The predicted molar refractivity (Wildman–Crippen MR) is 81.0 cm³/mol. The molecule has 1 unspecified atom stereocenters. The summed E-state index contributed by atoms with van der Waals surface area (Å²) in [6.07, 6.45) is 2.08. The van der Waals surface area contributed by atoms with Gasteiger partial charge >= 0.3 is 0 Å². The zero-order valence-corrected chi connectivity index (χ0v) is 12.6. The van der Waals surface area contributed by atoms with Gasteiger partial charge in [-0.15, -0.1) is 11.3 Å². The monoisotopic (exact) mass is 295 g/mol. The minimum atomic E-state index is -0.536. The van der Waals surface area contributed by atoms with Crippen LogP contribution in [0, 0.1) is 11.6 Å². The molecule has 0 amide bonds. The lowest BCUT2D eigenvalue weighted by Gasteiger charge is -2.14. The van der Waals surface area contributed by atoms with Gasteiger partial charge in [0.05, 0.1) is 0 Å². The van der Waals surface area contributed by atoms with Crippen LogP contribution >= 0.6 is 11.3 Å². The van der Waals surface area contributed by atoms with Crippen LogP contribution in [0.5, 0.6) is 0 Å². The number of halogens is 2. The van der Waals surface area contributed by atoms with Gasteiger partial charge in [-0.2, -0.15) is 0 Å². The van der Waals surface area contributed by atoms with Crippen LogP contribution in [0.2, 0.25) is 0 Å². The third-order valence-corrected chi connectivity index (χ3v) is 4.41. The molecule has 1 heterocycles. The van der Waals surface area contributed by atoms with Crippen molar-refractivity contribution < 1.29 is 8.78 Å². The highest BCUT2D eigenvalue weighted by Crippen LogP contribution is 2.33. The van der Waals surface area contributed by atoms with Crippen molar-refractivity contribution in [3.8, 4) is 10.4 Å². The smallest absolute Gasteiger partial charge is 0.126 e. The fourth-order valence-electron chi connectivity index (χ4n) is 2.16. The summed E-state index contributed by atoms with van der Waals surface area (Å²) in [6, 6.07) is 7.94. The molecule has 4 heteroatoms. The highest BCUT2D eigenvalue weighted by molar-refractivity contribution is 7.15. The molecule has 2 rings (SSSR count). The number of rotatable bonds is 6. The van der Waals surface area contributed by atoms with Gasteiger partial charge < -0.3 is 5.32 Å². The van der Waals surface area contributed by atoms with Crippen molar-refractivity contribution >= 4 is 11.3 Å². The molecule has 0 spiro atoms. The number of hydrogen-bond donors (Lipinski definition) is 1. The lowest BCUT2D eigenvalue weighted by molar-refractivity contribution is 0.525. The van der Waals surface area contributed by atoms with Crippen LogP contribution in [-0.4, -0.2) is 6.54 Å². The van der Waals surface area contributed by atoms with Crippen LogP contribution in [0.4, 0.5) is 8.78 Å². The molecule has 0 aliphatic heterocycles. The molecule has 0 aliphatic carbocycles. The molecule has 0 saturated carbocycles. The topological polar surface area (TPSA) is 12.0 Å². The van der Waals surface area contributed by atoms with E-state index in [0.29, 0.717) is 11.6 Å². The summed E-state index contributed by atoms with van der Waals surface area (Å²) in [5.74, 6) is -1.07. The highest BCUT2D eigenvalue weighted by Gasteiger charge is 2.12. The van der Waals surface area contributed by atoms with Crippen molar-refractivity contribution in [2.75, 3.05) is 6.54 Å². The molecule has 0 saturated heterocycles. The van der Waals surface area contributed by atoms with E-state index in [0.717, 1.165) is 30.3 Å². The fraction of sp³-hybridized carbons (Fsp3) is 0.375. The molecule has 20 heavy (non-hydrogen) atoms. The third-order valence-electron chi connectivity index (χ3n) is 3.17. The van der Waals surface area contributed by atoms with E-state index in [4.69, 9.17) is 0 Å². The van der Waals surface area contributed by atoms with E-state index in [1.54, 1.807) is 11.3 Å². The van der Waals surface area contributed by atoms with E-state index in [-0.39, 0.29) is 0 Å². The number of thiophene rings is 1. The second-order valence-corrected chi connectivity index (χ2v) is 5.89. The van der Waals surface area contributed by atoms with Gasteiger partial charge in [-0.25, -0.2) is 8.78 Å². The van der Waals surface area contributed by atoms with Crippen molar-refractivity contribution in [3.05, 3.63) is 46.8 Å². The molecule has 0 aliphatic rings. The maximum Gasteiger partial charge on any atom is 0.126 e. The Labute approximate surface area is 122 Å². The Hall–Kier alpha value is -1.26. The Morgan fingerprint density at radius 2 is 1.80 bits per heavy atom. The van der Waals surface area contributed by atoms with Crippen molar-refractivity contribution in [3.63, 3.8) is 0 Å². The summed E-state index contributed by atoms with van der Waals surface area (Å²) < 4.78 is 26.5. The first-order chi connectivity index (χ1) is 9.63. The molecule has 0 bridgehead atoms. The Bertz CT molecular complexity index is 545. The summed E-state index contributed by atoms with van der Waals surface area (Å²) in [5.41, 5.74) is 0.601. The molecular weight excluding hydrogens is 276 g/mol. The quantitative estimate of drug-likeness (QED) is 0.777. The summed E-state index contributed by atoms with van der Waals surface area (Å²) in [6.45, 7) is 5.24. The van der Waals surface area contributed by atoms with Crippen molar-refractivity contribution in [2.45, 2.75) is 32.7 Å². The summed E-state index contributed by atoms with van der Waals surface area (Å²) in [7, 11) is 0. The SMILES string of the molecule is CCCNC(CC)c1ccc(-c2cc(F)cc(F)c2)s1. The molecule has 1 aromatic heterocycles. The summed E-state index contributed by atoms with van der Waals surface area (Å²) >= 11 is 1.59. The Balaban J connectivity index is 2.23. The molecule has 1 N–H and O–H groups in total. The third kappa shape index (κ3) is 3.64. The van der Waals surface area contributed by atoms with Crippen LogP contribution < -0.4 is 5.32 Å². The first-order valence-electron chi connectivity index (χ1n) is 6.93. The van der Waals surface area contributed by atoms with Gasteiger partial charge in [-0.1, -0.05) is 13.8 Å². The molecule has 108 valence electrons. The Kier molecular flexibility index (Phi) is 5.26. The summed E-state index contributed by atoms with van der Waals surface area (Å²) in [4.78, 5) is 2.11. The van der Waals surface area contributed by atoms with Gasteiger partial charge in [0.2, 0.25) is 0 Å². The number of nitrogens with one attached hydrogen (secondary N) is 1. The van der Waals surface area contributed by atoms with E-state index in [9.17, 15) is 8.78 Å². The van der Waals surface area contributed by atoms with Gasteiger partial charge in [0.1, 0.15) is 11.6 Å². The molecule has 0 fully saturated rings. The minimum absolute atomic E-state index is 0.312. The number of benzene rings is 1. The van der Waals surface area contributed by atoms with Gasteiger partial charge in [0.15, 0.2) is 0 Å². The maximum atomic E-state index is 13.3. The standard InChI is InChI=1S/C16H19F2NS/c1-3-7-19-14(4-2)16-6-5-15(20-16)11-8-12(17)10-13(18)9-11/h5-6,8-10,14,19H,3-4,7H2,1-2H3. The van der Waals surface area contributed by atoms with Gasteiger partial charge in [0.25, 0.3) is 0 Å². The lowest BCUT2D eigenvalue weighted by atomic mass is 10.1. The van der Waals surface area contributed by atoms with Crippen molar-refractivity contribution in [1.29, 1.82) is 0 Å². The maximum absolute atomic E-state index is 13.3. The summed E-state index contributed by atoms with van der Waals surface area (Å²) in [5, 5.41) is 3.49. The molecule has 0 radical (unpaired) electrons. The second kappa shape index (κ2) is 6.95. The van der Waals surface area contributed by atoms with E-state index in [1.807, 2.05) is 12.1 Å². The first kappa shape index (κ1) is 15.1. The molecule has 2 aromatic rings. The second-order valence-electron chi connectivity index (χ2n) is 4.78. The van der Waals surface area contributed by atoms with Crippen LogP contribution in [0.1, 0.15) is 37.6 Å². The normalized spacial score (nSPS) is 12.6. The first-order valence-corrected chi connectivity index (χ1v) is 7.75. The van der Waals surface area contributed by atoms with Crippen LogP contribution in [-0.2, 0) is 0 Å². The fourth-order valence-corrected chi connectivity index (χ4v) is 3.31. The zero-order chi connectivity index (χ0) is 14.5.